The quantitative estimate of drug-likeness (QED) is 0.0439. The molecular formula is C36H71NO6. The zero-order chi connectivity index (χ0) is 31.8. The van der Waals surface area contributed by atoms with Crippen molar-refractivity contribution in [3.63, 3.8) is 0 Å². The van der Waals surface area contributed by atoms with Crippen LogP contribution in [0.5, 0.6) is 0 Å². The number of carbonyl (C=O) groups is 2. The monoisotopic (exact) mass is 614 g/mol. The topological polar surface area (TPSA) is 85.3 Å². The maximum atomic E-state index is 11.3. The average molecular weight is 614 g/mol. The molecule has 0 amide bonds. The Labute approximate surface area is 266 Å². The Morgan fingerprint density at radius 2 is 1.09 bits per heavy atom. The number of carbonyl (C=O) groups excluding carboxylic acids is 1. The van der Waals surface area contributed by atoms with Gasteiger partial charge in [0.1, 0.15) is 6.61 Å². The Hall–Kier alpha value is -1.18. The molecule has 1 unspecified atom stereocenters. The van der Waals surface area contributed by atoms with Gasteiger partial charge in [0.05, 0.1) is 0 Å². The molecule has 0 rings (SSSR count). The van der Waals surface area contributed by atoms with Crippen LogP contribution in [0.2, 0.25) is 0 Å². The molecule has 7 heteroatoms. The van der Waals surface area contributed by atoms with Crippen LogP contribution >= 0.6 is 0 Å². The number of carboxylic acid groups (broad SMARTS) is 1. The molecule has 0 bridgehead atoms. The third-order valence-electron chi connectivity index (χ3n) is 8.31. The maximum Gasteiger partial charge on any atom is 0.303 e. The number of unbranched alkanes of at least 4 members (excludes halogenated alkanes) is 16. The number of aliphatic carboxylic acids is 1. The molecule has 256 valence electrons. The van der Waals surface area contributed by atoms with Crippen molar-refractivity contribution >= 4 is 11.9 Å². The van der Waals surface area contributed by atoms with Crippen LogP contribution in [0.4, 0.5) is 0 Å². The van der Waals surface area contributed by atoms with Gasteiger partial charge in [-0.2, -0.15) is 0 Å². The molecule has 0 fully saturated rings. The van der Waals surface area contributed by atoms with E-state index in [1.54, 1.807) is 0 Å². The summed E-state index contributed by atoms with van der Waals surface area (Å²) in [4.78, 5) is 24.4. The van der Waals surface area contributed by atoms with Crippen molar-refractivity contribution in [3.05, 3.63) is 0 Å². The lowest BCUT2D eigenvalue weighted by molar-refractivity contribution is -0.148. The SMILES string of the molecule is CCCCCCCCOC(CCCCCCN(CCOC(C)=O)C(C)CCCCCCC(=O)O)OCCCCCCCC. The van der Waals surface area contributed by atoms with E-state index in [2.05, 4.69) is 25.7 Å². The second kappa shape index (κ2) is 32.2. The highest BCUT2D eigenvalue weighted by atomic mass is 16.7. The van der Waals surface area contributed by atoms with Gasteiger partial charge in [-0.05, 0) is 58.4 Å². The van der Waals surface area contributed by atoms with Gasteiger partial charge in [-0.25, -0.2) is 0 Å². The molecule has 0 aromatic carbocycles. The molecule has 0 radical (unpaired) electrons. The average Bonchev–Trinajstić information content (AvgIpc) is 2.97. The molecule has 0 aliphatic carbocycles. The Morgan fingerprint density at radius 1 is 0.605 bits per heavy atom. The van der Waals surface area contributed by atoms with Gasteiger partial charge in [-0.1, -0.05) is 110 Å². The largest absolute Gasteiger partial charge is 0.481 e. The Bertz CT molecular complexity index is 599. The first kappa shape index (κ1) is 41.8. The molecule has 0 aromatic heterocycles. The summed E-state index contributed by atoms with van der Waals surface area (Å²) >= 11 is 0. The minimum absolute atomic E-state index is 0.0676. The zero-order valence-electron chi connectivity index (χ0n) is 28.9. The molecule has 0 heterocycles. The third-order valence-corrected chi connectivity index (χ3v) is 8.31. The Kier molecular flexibility index (Phi) is 31.3. The van der Waals surface area contributed by atoms with Crippen LogP contribution in [-0.2, 0) is 23.8 Å². The summed E-state index contributed by atoms with van der Waals surface area (Å²) in [6.45, 7) is 12.1. The van der Waals surface area contributed by atoms with E-state index >= 15 is 0 Å². The van der Waals surface area contributed by atoms with Crippen molar-refractivity contribution in [2.75, 3.05) is 32.9 Å². The fourth-order valence-corrected chi connectivity index (χ4v) is 5.50. The van der Waals surface area contributed by atoms with E-state index in [4.69, 9.17) is 19.3 Å². The zero-order valence-corrected chi connectivity index (χ0v) is 28.9. The standard InChI is InChI=1S/C36H71NO6/c1-5-7-9-11-17-23-30-42-36(43-31-24-18-12-10-8-6-2)27-21-15-16-22-28-37(29-32-41-34(4)38)33(3)25-19-13-14-20-26-35(39)40/h33,36H,5-32H2,1-4H3,(H,39,40). The van der Waals surface area contributed by atoms with Crippen LogP contribution < -0.4 is 0 Å². The van der Waals surface area contributed by atoms with Crippen LogP contribution in [0.25, 0.3) is 0 Å². The van der Waals surface area contributed by atoms with Crippen LogP contribution in [0.15, 0.2) is 0 Å². The number of esters is 1. The molecule has 7 nitrogen and oxygen atoms in total. The minimum Gasteiger partial charge on any atom is -0.481 e. The molecule has 43 heavy (non-hydrogen) atoms. The smallest absolute Gasteiger partial charge is 0.303 e. The summed E-state index contributed by atoms with van der Waals surface area (Å²) < 4.78 is 17.7. The fraction of sp³-hybridized carbons (Fsp3) is 0.944. The summed E-state index contributed by atoms with van der Waals surface area (Å²) in [5.41, 5.74) is 0. The van der Waals surface area contributed by atoms with Gasteiger partial charge in [-0.3, -0.25) is 14.5 Å². The normalized spacial score (nSPS) is 12.3. The van der Waals surface area contributed by atoms with Crippen molar-refractivity contribution in [2.45, 2.75) is 188 Å². The number of hydrogen-bond acceptors (Lipinski definition) is 6. The van der Waals surface area contributed by atoms with E-state index in [1.165, 1.54) is 84.0 Å². The summed E-state index contributed by atoms with van der Waals surface area (Å²) in [6, 6.07) is 0.421. The summed E-state index contributed by atoms with van der Waals surface area (Å²) in [6.07, 6.45) is 26.1. The van der Waals surface area contributed by atoms with E-state index in [1.807, 2.05) is 0 Å². The van der Waals surface area contributed by atoms with Gasteiger partial charge in [0.25, 0.3) is 0 Å². The van der Waals surface area contributed by atoms with Gasteiger partial charge in [0, 0.05) is 39.1 Å². The highest BCUT2D eigenvalue weighted by molar-refractivity contribution is 5.66. The molecule has 0 saturated heterocycles. The molecule has 1 N–H and O–H groups in total. The van der Waals surface area contributed by atoms with E-state index in [0.717, 1.165) is 90.5 Å². The van der Waals surface area contributed by atoms with E-state index in [9.17, 15) is 9.59 Å². The maximum absolute atomic E-state index is 11.3. The van der Waals surface area contributed by atoms with Crippen molar-refractivity contribution in [2.24, 2.45) is 0 Å². The first-order valence-corrected chi connectivity index (χ1v) is 18.2. The second-order valence-electron chi connectivity index (χ2n) is 12.5. The number of ether oxygens (including phenoxy) is 3. The highest BCUT2D eigenvalue weighted by Crippen LogP contribution is 2.16. The number of carboxylic acids is 1. The van der Waals surface area contributed by atoms with Gasteiger partial charge in [-0.15, -0.1) is 0 Å². The minimum atomic E-state index is -0.707. The van der Waals surface area contributed by atoms with Crippen LogP contribution in [0, 0.1) is 0 Å². The van der Waals surface area contributed by atoms with Crippen molar-refractivity contribution in [1.82, 2.24) is 4.90 Å². The number of nitrogens with zero attached hydrogens (tertiary/aromatic N) is 1. The van der Waals surface area contributed by atoms with Crippen LogP contribution in [0.3, 0.4) is 0 Å². The molecule has 1 atom stereocenters. The Morgan fingerprint density at radius 3 is 1.65 bits per heavy atom. The Balaban J connectivity index is 4.40. The van der Waals surface area contributed by atoms with E-state index < -0.39 is 5.97 Å². The molecule has 0 saturated carbocycles. The van der Waals surface area contributed by atoms with Crippen molar-refractivity contribution in [1.29, 1.82) is 0 Å². The highest BCUT2D eigenvalue weighted by Gasteiger charge is 2.14. The molecule has 0 aromatic rings. The summed E-state index contributed by atoms with van der Waals surface area (Å²) in [7, 11) is 0. The van der Waals surface area contributed by atoms with Crippen LogP contribution in [-0.4, -0.2) is 67.2 Å². The second-order valence-corrected chi connectivity index (χ2v) is 12.5. The first-order valence-electron chi connectivity index (χ1n) is 18.2. The lowest BCUT2D eigenvalue weighted by Gasteiger charge is -2.29. The molecule has 0 aliphatic rings. The van der Waals surface area contributed by atoms with E-state index in [0.29, 0.717) is 12.6 Å². The number of rotatable bonds is 34. The first-order chi connectivity index (χ1) is 20.9. The lowest BCUT2D eigenvalue weighted by atomic mass is 10.1. The molecule has 0 aliphatic heterocycles. The van der Waals surface area contributed by atoms with Gasteiger partial charge < -0.3 is 19.3 Å². The molecule has 0 spiro atoms. The predicted molar refractivity (Wildman–Crippen MR) is 179 cm³/mol. The number of hydrogen-bond donors (Lipinski definition) is 1. The summed E-state index contributed by atoms with van der Waals surface area (Å²) in [5.74, 6) is -0.931. The van der Waals surface area contributed by atoms with Crippen molar-refractivity contribution < 1.29 is 28.9 Å². The van der Waals surface area contributed by atoms with Gasteiger partial charge in [0.2, 0.25) is 0 Å². The van der Waals surface area contributed by atoms with Gasteiger partial charge in [0.15, 0.2) is 6.29 Å². The lowest BCUT2D eigenvalue weighted by Crippen LogP contribution is -2.37. The summed E-state index contributed by atoms with van der Waals surface area (Å²) in [5, 5.41) is 8.81. The fourth-order valence-electron chi connectivity index (χ4n) is 5.50. The predicted octanol–water partition coefficient (Wildman–Crippen LogP) is 9.70. The van der Waals surface area contributed by atoms with Crippen molar-refractivity contribution in [3.8, 4) is 0 Å². The molecular weight excluding hydrogens is 542 g/mol. The third kappa shape index (κ3) is 30.6. The van der Waals surface area contributed by atoms with Gasteiger partial charge >= 0.3 is 11.9 Å². The van der Waals surface area contributed by atoms with Crippen LogP contribution in [0.1, 0.15) is 175 Å². The van der Waals surface area contributed by atoms with E-state index in [-0.39, 0.29) is 18.7 Å².